The van der Waals surface area contributed by atoms with Crippen LogP contribution in [0.15, 0.2) is 30.3 Å². The molecule has 0 spiro atoms. The lowest BCUT2D eigenvalue weighted by Crippen LogP contribution is -2.28. The minimum atomic E-state index is -3.29. The smallest absolute Gasteiger partial charge is 0.157 e. The first-order chi connectivity index (χ1) is 7.03. The van der Waals surface area contributed by atoms with E-state index >= 15 is 0 Å². The molecule has 4 nitrogen and oxygen atoms in total. The molecule has 1 aromatic rings. The summed E-state index contributed by atoms with van der Waals surface area (Å²) in [4.78, 5) is 0. The Morgan fingerprint density at radius 1 is 1.33 bits per heavy atom. The Bertz CT molecular complexity index is 448. The van der Waals surface area contributed by atoms with E-state index in [1.165, 1.54) is 0 Å². The van der Waals surface area contributed by atoms with Gasteiger partial charge in [-0.2, -0.15) is 5.26 Å². The van der Waals surface area contributed by atoms with Crippen molar-refractivity contribution in [1.29, 1.82) is 5.26 Å². The van der Waals surface area contributed by atoms with Gasteiger partial charge in [-0.25, -0.2) is 8.42 Å². The third kappa shape index (κ3) is 4.11. The van der Waals surface area contributed by atoms with Crippen molar-refractivity contribution in [1.82, 2.24) is 0 Å². The summed E-state index contributed by atoms with van der Waals surface area (Å²) >= 11 is 0. The predicted molar refractivity (Wildman–Crippen MR) is 57.5 cm³/mol. The first kappa shape index (κ1) is 11.7. The van der Waals surface area contributed by atoms with Crippen LogP contribution in [0.25, 0.3) is 0 Å². The molecule has 0 radical (unpaired) electrons. The first-order valence-electron chi connectivity index (χ1n) is 4.43. The third-order valence-electron chi connectivity index (χ3n) is 1.83. The van der Waals surface area contributed by atoms with Crippen LogP contribution in [0.2, 0.25) is 0 Å². The first-order valence-corrected chi connectivity index (χ1v) is 6.25. The summed E-state index contributed by atoms with van der Waals surface area (Å²) in [5.41, 5.74) is 5.98. The average Bonchev–Trinajstić information content (AvgIpc) is 2.17. The maximum Gasteiger partial charge on any atom is 0.157 e. The van der Waals surface area contributed by atoms with Crippen LogP contribution in [0.4, 0.5) is 0 Å². The second-order valence-electron chi connectivity index (χ2n) is 3.28. The van der Waals surface area contributed by atoms with Crippen LogP contribution in [0.3, 0.4) is 0 Å². The quantitative estimate of drug-likeness (QED) is 0.804. The number of hydrogen-bond acceptors (Lipinski definition) is 4. The van der Waals surface area contributed by atoms with Crippen LogP contribution >= 0.6 is 0 Å². The molecule has 1 aromatic carbocycles. The summed E-state index contributed by atoms with van der Waals surface area (Å²) in [5, 5.41) is 8.42. The molecule has 0 amide bonds. The van der Waals surface area contributed by atoms with E-state index < -0.39 is 15.9 Å². The summed E-state index contributed by atoms with van der Waals surface area (Å²) in [6, 6.07) is 9.59. The van der Waals surface area contributed by atoms with Gasteiger partial charge in [-0.3, -0.25) is 0 Å². The average molecular weight is 224 g/mol. The lowest BCUT2D eigenvalue weighted by molar-refractivity contribution is 0.592. The van der Waals surface area contributed by atoms with E-state index in [9.17, 15) is 8.42 Å². The zero-order valence-corrected chi connectivity index (χ0v) is 8.94. The van der Waals surface area contributed by atoms with Crippen molar-refractivity contribution in [2.24, 2.45) is 5.73 Å². The number of benzene rings is 1. The maximum atomic E-state index is 11.5. The molecule has 0 saturated carbocycles. The van der Waals surface area contributed by atoms with Gasteiger partial charge in [0.2, 0.25) is 0 Å². The Morgan fingerprint density at radius 3 is 2.47 bits per heavy atom. The Hall–Kier alpha value is -1.38. The molecule has 0 aliphatic heterocycles. The van der Waals surface area contributed by atoms with Crippen molar-refractivity contribution in [2.45, 2.75) is 11.8 Å². The molecule has 0 aliphatic carbocycles. The summed E-state index contributed by atoms with van der Waals surface area (Å²) in [5.74, 6) is -0.360. The summed E-state index contributed by atoms with van der Waals surface area (Å²) in [7, 11) is -3.29. The van der Waals surface area contributed by atoms with Gasteiger partial charge in [0, 0.05) is 0 Å². The summed E-state index contributed by atoms with van der Waals surface area (Å²) in [6.07, 6.45) is 0. The molecule has 0 fully saturated rings. The third-order valence-corrected chi connectivity index (χ3v) is 3.47. The molecular weight excluding hydrogens is 212 g/mol. The molecule has 1 atom stereocenters. The van der Waals surface area contributed by atoms with E-state index in [-0.39, 0.29) is 11.5 Å². The second kappa shape index (κ2) is 4.91. The fourth-order valence-corrected chi connectivity index (χ4v) is 2.64. The van der Waals surface area contributed by atoms with E-state index in [0.717, 1.165) is 0 Å². The van der Waals surface area contributed by atoms with Crippen LogP contribution in [0.5, 0.6) is 0 Å². The monoisotopic (exact) mass is 224 g/mol. The highest BCUT2D eigenvalue weighted by Crippen LogP contribution is 2.06. The van der Waals surface area contributed by atoms with Crippen molar-refractivity contribution in [3.05, 3.63) is 35.9 Å². The molecule has 1 rings (SSSR count). The number of rotatable bonds is 4. The Balaban J connectivity index is 2.71. The molecule has 2 N–H and O–H groups in total. The number of sulfone groups is 1. The maximum absolute atomic E-state index is 11.5. The van der Waals surface area contributed by atoms with Crippen molar-refractivity contribution in [3.63, 3.8) is 0 Å². The van der Waals surface area contributed by atoms with Crippen molar-refractivity contribution >= 4 is 9.84 Å². The molecule has 5 heteroatoms. The normalized spacial score (nSPS) is 13.1. The van der Waals surface area contributed by atoms with Gasteiger partial charge in [-0.05, 0) is 5.56 Å². The van der Waals surface area contributed by atoms with Gasteiger partial charge in [0.05, 0.1) is 17.6 Å². The van der Waals surface area contributed by atoms with Crippen LogP contribution in [0.1, 0.15) is 5.56 Å². The molecular formula is C10H12N2O2S. The second-order valence-corrected chi connectivity index (χ2v) is 5.38. The van der Waals surface area contributed by atoms with Crippen LogP contribution in [-0.2, 0) is 15.6 Å². The minimum Gasteiger partial charge on any atom is -0.315 e. The number of nitrogens with zero attached hydrogens (tertiary/aromatic N) is 1. The summed E-state index contributed by atoms with van der Waals surface area (Å²) in [6.45, 7) is 0. The van der Waals surface area contributed by atoms with Crippen molar-refractivity contribution in [2.75, 3.05) is 5.75 Å². The zero-order chi connectivity index (χ0) is 11.3. The topological polar surface area (TPSA) is 83.9 Å². The van der Waals surface area contributed by atoms with E-state index in [4.69, 9.17) is 11.0 Å². The van der Waals surface area contributed by atoms with E-state index in [1.807, 2.05) is 6.07 Å². The molecule has 0 aromatic heterocycles. The zero-order valence-electron chi connectivity index (χ0n) is 8.13. The minimum absolute atomic E-state index is 0.0663. The highest BCUT2D eigenvalue weighted by atomic mass is 32.2. The molecule has 0 aliphatic rings. The number of nitrogens with two attached hydrogens (primary N) is 1. The van der Waals surface area contributed by atoms with Gasteiger partial charge in [0.1, 0.15) is 6.04 Å². The Labute approximate surface area is 89.2 Å². The SMILES string of the molecule is N#C[C@@H](N)CS(=O)(=O)Cc1ccccc1. The largest absolute Gasteiger partial charge is 0.315 e. The Kier molecular flexibility index (Phi) is 3.83. The molecule has 0 saturated heterocycles. The molecule has 0 heterocycles. The number of hydrogen-bond donors (Lipinski definition) is 1. The number of nitriles is 1. The van der Waals surface area contributed by atoms with Crippen LogP contribution in [-0.4, -0.2) is 20.2 Å². The highest BCUT2D eigenvalue weighted by Gasteiger charge is 2.16. The van der Waals surface area contributed by atoms with Gasteiger partial charge in [0.15, 0.2) is 9.84 Å². The van der Waals surface area contributed by atoms with E-state index in [0.29, 0.717) is 5.56 Å². The van der Waals surface area contributed by atoms with Crippen LogP contribution < -0.4 is 5.73 Å². The van der Waals surface area contributed by atoms with Crippen LogP contribution in [0, 0.1) is 11.3 Å². The van der Waals surface area contributed by atoms with Gasteiger partial charge < -0.3 is 5.73 Å². The fourth-order valence-electron chi connectivity index (χ4n) is 1.20. The predicted octanol–water partition coefficient (Wildman–Crippen LogP) is 0.452. The van der Waals surface area contributed by atoms with Gasteiger partial charge in [0.25, 0.3) is 0 Å². The lowest BCUT2D eigenvalue weighted by atomic mass is 10.2. The van der Waals surface area contributed by atoms with Gasteiger partial charge in [-0.1, -0.05) is 30.3 Å². The van der Waals surface area contributed by atoms with E-state index in [2.05, 4.69) is 0 Å². The van der Waals surface area contributed by atoms with Gasteiger partial charge >= 0.3 is 0 Å². The molecule has 0 bridgehead atoms. The summed E-state index contributed by atoms with van der Waals surface area (Å²) < 4.78 is 23.1. The van der Waals surface area contributed by atoms with E-state index in [1.54, 1.807) is 30.3 Å². The molecule has 15 heavy (non-hydrogen) atoms. The lowest BCUT2D eigenvalue weighted by Gasteiger charge is -2.05. The highest BCUT2D eigenvalue weighted by molar-refractivity contribution is 7.90. The molecule has 80 valence electrons. The fraction of sp³-hybridized carbons (Fsp3) is 0.300. The standard InChI is InChI=1S/C10H12N2O2S/c11-6-10(12)8-15(13,14)7-9-4-2-1-3-5-9/h1-5,10H,7-8,12H2/t10-/m1/s1. The Morgan fingerprint density at radius 2 is 1.93 bits per heavy atom. The van der Waals surface area contributed by atoms with Crippen molar-refractivity contribution in [3.8, 4) is 6.07 Å². The van der Waals surface area contributed by atoms with Gasteiger partial charge in [-0.15, -0.1) is 0 Å². The molecule has 0 unspecified atom stereocenters. The van der Waals surface area contributed by atoms with Crippen molar-refractivity contribution < 1.29 is 8.42 Å².